The van der Waals surface area contributed by atoms with E-state index >= 15 is 0 Å². The van der Waals surface area contributed by atoms with Crippen LogP contribution in [-0.4, -0.2) is 0 Å². The zero-order valence-corrected chi connectivity index (χ0v) is 15.7. The molecule has 0 aliphatic rings. The molecule has 138 valence electrons. The molecule has 2 nitrogen and oxygen atoms in total. The molecule has 2 N–H and O–H groups in total. The van der Waals surface area contributed by atoms with Crippen LogP contribution in [0, 0.1) is 0 Å². The smallest absolute Gasteiger partial charge is 0.119 e. The highest BCUT2D eigenvalue weighted by Crippen LogP contribution is 2.34. The lowest BCUT2D eigenvalue weighted by Gasteiger charge is -2.31. The minimum atomic E-state index is -0.722. The quantitative estimate of drug-likeness (QED) is 0.457. The van der Waals surface area contributed by atoms with Gasteiger partial charge in [0.25, 0.3) is 0 Å². The molecule has 0 spiro atoms. The summed E-state index contributed by atoms with van der Waals surface area (Å²) in [4.78, 5) is 0. The number of rotatable bonds is 6. The van der Waals surface area contributed by atoms with E-state index in [-0.39, 0.29) is 0 Å². The molecular weight excluding hydrogens is 342 g/mol. The molecule has 0 aliphatic carbocycles. The molecule has 0 unspecified atom stereocenters. The van der Waals surface area contributed by atoms with Crippen molar-refractivity contribution in [1.82, 2.24) is 0 Å². The molecular formula is C26H23NO. The fourth-order valence-corrected chi connectivity index (χ4v) is 3.46. The van der Waals surface area contributed by atoms with Gasteiger partial charge in [0.05, 0.1) is 5.54 Å². The van der Waals surface area contributed by atoms with Crippen LogP contribution < -0.4 is 10.5 Å². The molecule has 0 aliphatic heterocycles. The van der Waals surface area contributed by atoms with Crippen molar-refractivity contribution in [3.63, 3.8) is 0 Å². The zero-order chi connectivity index (χ0) is 19.2. The molecule has 28 heavy (non-hydrogen) atoms. The summed E-state index contributed by atoms with van der Waals surface area (Å²) in [6.45, 7) is 0.547. The second-order valence-corrected chi connectivity index (χ2v) is 6.84. The Balaban J connectivity index is 1.64. The van der Waals surface area contributed by atoms with E-state index in [0.717, 1.165) is 28.0 Å². The van der Waals surface area contributed by atoms with Crippen LogP contribution in [-0.2, 0) is 12.1 Å². The molecule has 0 saturated carbocycles. The highest BCUT2D eigenvalue weighted by Gasteiger charge is 2.31. The molecule has 0 radical (unpaired) electrons. The van der Waals surface area contributed by atoms with E-state index in [1.807, 2.05) is 66.7 Å². The molecule has 0 aromatic heterocycles. The second kappa shape index (κ2) is 8.12. The third-order valence-electron chi connectivity index (χ3n) is 5.02. The van der Waals surface area contributed by atoms with Crippen LogP contribution in [0.2, 0.25) is 0 Å². The highest BCUT2D eigenvalue weighted by atomic mass is 16.5. The first kappa shape index (κ1) is 18.0. The predicted octanol–water partition coefficient (Wildman–Crippen LogP) is 5.52. The topological polar surface area (TPSA) is 35.2 Å². The van der Waals surface area contributed by atoms with Gasteiger partial charge in [0.1, 0.15) is 12.4 Å². The van der Waals surface area contributed by atoms with Gasteiger partial charge in [-0.15, -0.1) is 0 Å². The second-order valence-electron chi connectivity index (χ2n) is 6.84. The van der Waals surface area contributed by atoms with Crippen molar-refractivity contribution in [3.8, 4) is 5.75 Å². The van der Waals surface area contributed by atoms with Crippen LogP contribution in [0.1, 0.15) is 22.3 Å². The summed E-state index contributed by atoms with van der Waals surface area (Å²) in [5, 5.41) is 0. The number of hydrogen-bond acceptors (Lipinski definition) is 2. The maximum absolute atomic E-state index is 7.04. The fourth-order valence-electron chi connectivity index (χ4n) is 3.46. The Morgan fingerprint density at radius 2 is 0.964 bits per heavy atom. The monoisotopic (exact) mass is 365 g/mol. The van der Waals surface area contributed by atoms with Gasteiger partial charge in [-0.3, -0.25) is 0 Å². The van der Waals surface area contributed by atoms with Crippen molar-refractivity contribution in [3.05, 3.63) is 138 Å². The summed E-state index contributed by atoms with van der Waals surface area (Å²) in [6.07, 6.45) is 0. The van der Waals surface area contributed by atoms with Crippen molar-refractivity contribution in [2.75, 3.05) is 0 Å². The standard InChI is InChI=1S/C26H23NO/c27-26(22-12-6-2-7-13-22,23-14-8-3-9-15-23)24-16-18-25(19-17-24)28-20-21-10-4-1-5-11-21/h1-19H,20,27H2. The van der Waals surface area contributed by atoms with E-state index in [4.69, 9.17) is 10.5 Å². The molecule has 0 saturated heterocycles. The van der Waals surface area contributed by atoms with E-state index in [9.17, 15) is 0 Å². The van der Waals surface area contributed by atoms with Gasteiger partial charge in [0, 0.05) is 0 Å². The van der Waals surface area contributed by atoms with Crippen molar-refractivity contribution in [1.29, 1.82) is 0 Å². The molecule has 4 rings (SSSR count). The molecule has 0 amide bonds. The van der Waals surface area contributed by atoms with Crippen LogP contribution in [0.15, 0.2) is 115 Å². The van der Waals surface area contributed by atoms with Gasteiger partial charge < -0.3 is 10.5 Å². The van der Waals surface area contributed by atoms with Gasteiger partial charge in [0.2, 0.25) is 0 Å². The molecule has 0 heterocycles. The first-order valence-corrected chi connectivity index (χ1v) is 9.44. The number of ether oxygens (including phenoxy) is 1. The lowest BCUT2D eigenvalue weighted by molar-refractivity contribution is 0.306. The first-order chi connectivity index (χ1) is 13.8. The van der Waals surface area contributed by atoms with Crippen molar-refractivity contribution in [2.24, 2.45) is 5.73 Å². The van der Waals surface area contributed by atoms with Crippen molar-refractivity contribution < 1.29 is 4.74 Å². The summed E-state index contributed by atoms with van der Waals surface area (Å²) >= 11 is 0. The molecule has 0 atom stereocenters. The molecule has 4 aromatic rings. The predicted molar refractivity (Wildman–Crippen MR) is 114 cm³/mol. The largest absolute Gasteiger partial charge is 0.489 e. The van der Waals surface area contributed by atoms with E-state index in [1.54, 1.807) is 0 Å². The minimum absolute atomic E-state index is 0.547. The van der Waals surface area contributed by atoms with E-state index in [2.05, 4.69) is 48.5 Å². The third kappa shape index (κ3) is 3.68. The number of hydrogen-bond donors (Lipinski definition) is 1. The maximum atomic E-state index is 7.04. The first-order valence-electron chi connectivity index (χ1n) is 9.44. The Hall–Kier alpha value is -3.36. The Kier molecular flexibility index (Phi) is 5.22. The maximum Gasteiger partial charge on any atom is 0.119 e. The minimum Gasteiger partial charge on any atom is -0.489 e. The van der Waals surface area contributed by atoms with Crippen molar-refractivity contribution >= 4 is 0 Å². The van der Waals surface area contributed by atoms with Gasteiger partial charge in [0.15, 0.2) is 0 Å². The molecule has 0 bridgehead atoms. The fraction of sp³-hybridized carbons (Fsp3) is 0.0769. The van der Waals surface area contributed by atoms with Crippen LogP contribution in [0.3, 0.4) is 0 Å². The van der Waals surface area contributed by atoms with E-state index in [1.165, 1.54) is 0 Å². The highest BCUT2D eigenvalue weighted by molar-refractivity contribution is 5.49. The number of nitrogens with two attached hydrogens (primary N) is 1. The summed E-state index contributed by atoms with van der Waals surface area (Å²) in [7, 11) is 0. The summed E-state index contributed by atoms with van der Waals surface area (Å²) < 4.78 is 5.93. The van der Waals surface area contributed by atoms with E-state index in [0.29, 0.717) is 6.61 Å². The Morgan fingerprint density at radius 1 is 0.536 bits per heavy atom. The normalized spacial score (nSPS) is 11.2. The molecule has 2 heteroatoms. The molecule has 4 aromatic carbocycles. The lowest BCUT2D eigenvalue weighted by atomic mass is 9.78. The van der Waals surface area contributed by atoms with Gasteiger partial charge in [-0.25, -0.2) is 0 Å². The summed E-state index contributed by atoms with van der Waals surface area (Å²) in [6, 6.07) is 38.7. The van der Waals surface area contributed by atoms with Crippen molar-refractivity contribution in [2.45, 2.75) is 12.1 Å². The zero-order valence-electron chi connectivity index (χ0n) is 15.7. The Labute approximate surface area is 166 Å². The van der Waals surface area contributed by atoms with Crippen LogP contribution in [0.4, 0.5) is 0 Å². The van der Waals surface area contributed by atoms with Gasteiger partial charge in [-0.2, -0.15) is 0 Å². The van der Waals surface area contributed by atoms with Gasteiger partial charge in [-0.05, 0) is 34.4 Å². The van der Waals surface area contributed by atoms with Gasteiger partial charge in [-0.1, -0.05) is 103 Å². The summed E-state index contributed by atoms with van der Waals surface area (Å²) in [5.74, 6) is 0.830. The van der Waals surface area contributed by atoms with Crippen LogP contribution in [0.5, 0.6) is 5.75 Å². The van der Waals surface area contributed by atoms with Crippen LogP contribution >= 0.6 is 0 Å². The Morgan fingerprint density at radius 3 is 1.46 bits per heavy atom. The van der Waals surface area contributed by atoms with Gasteiger partial charge >= 0.3 is 0 Å². The Bertz CT molecular complexity index is 957. The number of benzene rings is 4. The molecule has 0 fully saturated rings. The third-order valence-corrected chi connectivity index (χ3v) is 5.02. The average molecular weight is 365 g/mol. The van der Waals surface area contributed by atoms with Crippen LogP contribution in [0.25, 0.3) is 0 Å². The SMILES string of the molecule is NC(c1ccccc1)(c1ccccc1)c1ccc(OCc2ccccc2)cc1. The average Bonchev–Trinajstić information content (AvgIpc) is 2.79. The lowest BCUT2D eigenvalue weighted by Crippen LogP contribution is -2.39. The van der Waals surface area contributed by atoms with E-state index < -0.39 is 5.54 Å². The summed E-state index contributed by atoms with van der Waals surface area (Å²) in [5.41, 5.74) is 10.6.